The molecule has 0 spiro atoms. The van der Waals surface area contributed by atoms with Crippen LogP contribution in [0.1, 0.15) is 26.0 Å². The number of carboxylic acid groups (broad SMARTS) is 1. The van der Waals surface area contributed by atoms with Gasteiger partial charge in [-0.05, 0) is 31.6 Å². The largest absolute Gasteiger partial charge is 0.480 e. The molecule has 0 atom stereocenters. The molecule has 120 valence electrons. The minimum Gasteiger partial charge on any atom is -0.480 e. The molecule has 0 aromatic carbocycles. The molecule has 7 heteroatoms. The van der Waals surface area contributed by atoms with Crippen LogP contribution in [0.15, 0.2) is 16.0 Å². The van der Waals surface area contributed by atoms with E-state index in [9.17, 15) is 9.59 Å². The van der Waals surface area contributed by atoms with Gasteiger partial charge in [0.1, 0.15) is 12.1 Å². The summed E-state index contributed by atoms with van der Waals surface area (Å²) in [7, 11) is 0. The quantitative estimate of drug-likeness (QED) is 0.652. The molecule has 0 bridgehead atoms. The molecule has 0 aliphatic rings. The SMILES string of the molecule is CSc1nc2cc(C)n(CC(=O)O)c2c(=O)n1CCC(C)C. The molecule has 0 saturated carbocycles. The van der Waals surface area contributed by atoms with Gasteiger partial charge < -0.3 is 9.67 Å². The van der Waals surface area contributed by atoms with Crippen LogP contribution in [0.3, 0.4) is 0 Å². The summed E-state index contributed by atoms with van der Waals surface area (Å²) in [5.74, 6) is -0.493. The molecule has 2 aromatic heterocycles. The minimum atomic E-state index is -0.970. The van der Waals surface area contributed by atoms with Gasteiger partial charge in [0.05, 0.1) is 5.52 Å². The van der Waals surface area contributed by atoms with E-state index < -0.39 is 5.97 Å². The predicted octanol–water partition coefficient (Wildman–Crippen LogP) is 2.36. The molecule has 0 aliphatic carbocycles. The molecule has 2 heterocycles. The molecule has 22 heavy (non-hydrogen) atoms. The minimum absolute atomic E-state index is 0.163. The lowest BCUT2D eigenvalue weighted by Crippen LogP contribution is -2.26. The van der Waals surface area contributed by atoms with Crippen LogP contribution in [-0.2, 0) is 17.9 Å². The first-order valence-electron chi connectivity index (χ1n) is 7.21. The number of aliphatic carboxylic acids is 1. The van der Waals surface area contributed by atoms with Crippen LogP contribution in [0, 0.1) is 12.8 Å². The Kier molecular flexibility index (Phi) is 4.95. The second kappa shape index (κ2) is 6.56. The standard InChI is InChI=1S/C15H21N3O3S/c1-9(2)5-6-17-14(21)13-11(16-15(17)22-4)7-10(3)18(13)8-12(19)20/h7,9H,5-6,8H2,1-4H3,(H,19,20). The van der Waals surface area contributed by atoms with Gasteiger partial charge in [-0.2, -0.15) is 0 Å². The molecule has 0 amide bonds. The Hall–Kier alpha value is -1.76. The van der Waals surface area contributed by atoms with Crippen LogP contribution in [0.2, 0.25) is 0 Å². The first-order chi connectivity index (χ1) is 10.3. The zero-order chi connectivity index (χ0) is 16.4. The van der Waals surface area contributed by atoms with Crippen molar-refractivity contribution in [3.63, 3.8) is 0 Å². The van der Waals surface area contributed by atoms with Crippen molar-refractivity contribution in [3.8, 4) is 0 Å². The Labute approximate surface area is 133 Å². The Morgan fingerprint density at radius 1 is 1.41 bits per heavy atom. The third-order valence-electron chi connectivity index (χ3n) is 3.58. The predicted molar refractivity (Wildman–Crippen MR) is 87.6 cm³/mol. The van der Waals surface area contributed by atoms with Crippen molar-refractivity contribution in [2.45, 2.75) is 45.4 Å². The Balaban J connectivity index is 2.66. The van der Waals surface area contributed by atoms with Crippen molar-refractivity contribution in [2.75, 3.05) is 6.26 Å². The molecule has 2 aromatic rings. The fraction of sp³-hybridized carbons (Fsp3) is 0.533. The van der Waals surface area contributed by atoms with Gasteiger partial charge >= 0.3 is 5.97 Å². The zero-order valence-corrected chi connectivity index (χ0v) is 14.1. The Bertz CT molecular complexity index is 761. The van der Waals surface area contributed by atoms with Crippen LogP contribution in [-0.4, -0.2) is 31.4 Å². The lowest BCUT2D eigenvalue weighted by atomic mass is 10.1. The van der Waals surface area contributed by atoms with Gasteiger partial charge in [0.15, 0.2) is 5.16 Å². The highest BCUT2D eigenvalue weighted by Crippen LogP contribution is 2.19. The average Bonchev–Trinajstić information content (AvgIpc) is 2.73. The van der Waals surface area contributed by atoms with Crippen molar-refractivity contribution in [2.24, 2.45) is 5.92 Å². The van der Waals surface area contributed by atoms with E-state index in [1.807, 2.05) is 6.26 Å². The van der Waals surface area contributed by atoms with E-state index in [2.05, 4.69) is 18.8 Å². The third-order valence-corrected chi connectivity index (χ3v) is 4.26. The molecule has 0 saturated heterocycles. The number of hydrogen-bond acceptors (Lipinski definition) is 4. The maximum Gasteiger partial charge on any atom is 0.323 e. The molecule has 0 unspecified atom stereocenters. The molecule has 2 rings (SSSR count). The molecule has 6 nitrogen and oxygen atoms in total. The zero-order valence-electron chi connectivity index (χ0n) is 13.3. The molecule has 0 radical (unpaired) electrons. The van der Waals surface area contributed by atoms with E-state index in [1.165, 1.54) is 16.3 Å². The fourth-order valence-electron chi connectivity index (χ4n) is 2.43. The summed E-state index contributed by atoms with van der Waals surface area (Å²) in [6.07, 6.45) is 2.76. The van der Waals surface area contributed by atoms with Gasteiger partial charge in [0.25, 0.3) is 5.56 Å². The summed E-state index contributed by atoms with van der Waals surface area (Å²) in [5.41, 5.74) is 1.51. The van der Waals surface area contributed by atoms with Crippen molar-refractivity contribution < 1.29 is 9.90 Å². The van der Waals surface area contributed by atoms with Gasteiger partial charge in [0.2, 0.25) is 0 Å². The van der Waals surface area contributed by atoms with Gasteiger partial charge in [-0.3, -0.25) is 14.2 Å². The second-order valence-electron chi connectivity index (χ2n) is 5.74. The second-order valence-corrected chi connectivity index (χ2v) is 6.51. The van der Waals surface area contributed by atoms with Gasteiger partial charge in [0, 0.05) is 12.2 Å². The van der Waals surface area contributed by atoms with Crippen LogP contribution >= 0.6 is 11.8 Å². The number of nitrogens with zero attached hydrogens (tertiary/aromatic N) is 3. The van der Waals surface area contributed by atoms with Crippen LogP contribution in [0.5, 0.6) is 0 Å². The van der Waals surface area contributed by atoms with Crippen molar-refractivity contribution in [3.05, 3.63) is 22.1 Å². The molecule has 0 fully saturated rings. The summed E-state index contributed by atoms with van der Waals surface area (Å²) in [5, 5.41) is 9.72. The van der Waals surface area contributed by atoms with Crippen LogP contribution < -0.4 is 5.56 Å². The first-order valence-corrected chi connectivity index (χ1v) is 8.44. The number of thioether (sulfide) groups is 1. The van der Waals surface area contributed by atoms with Crippen LogP contribution in [0.25, 0.3) is 11.0 Å². The third kappa shape index (κ3) is 3.19. The van der Waals surface area contributed by atoms with E-state index in [-0.39, 0.29) is 12.1 Å². The molecular formula is C15H21N3O3S. The van der Waals surface area contributed by atoms with E-state index >= 15 is 0 Å². The smallest absolute Gasteiger partial charge is 0.323 e. The van der Waals surface area contributed by atoms with E-state index in [0.29, 0.717) is 28.7 Å². The lowest BCUT2D eigenvalue weighted by molar-refractivity contribution is -0.137. The average molecular weight is 323 g/mol. The Morgan fingerprint density at radius 3 is 2.64 bits per heavy atom. The summed E-state index contributed by atoms with van der Waals surface area (Å²) < 4.78 is 3.19. The Morgan fingerprint density at radius 2 is 2.09 bits per heavy atom. The van der Waals surface area contributed by atoms with Crippen molar-refractivity contribution in [1.29, 1.82) is 0 Å². The first kappa shape index (κ1) is 16.6. The van der Waals surface area contributed by atoms with E-state index in [4.69, 9.17) is 5.11 Å². The topological polar surface area (TPSA) is 77.1 Å². The number of hydrogen-bond donors (Lipinski definition) is 1. The lowest BCUT2D eigenvalue weighted by Gasteiger charge is -2.13. The summed E-state index contributed by atoms with van der Waals surface area (Å²) in [6.45, 7) is 6.36. The van der Waals surface area contributed by atoms with Gasteiger partial charge in [-0.25, -0.2) is 4.98 Å². The molecule has 1 N–H and O–H groups in total. The monoisotopic (exact) mass is 323 g/mol. The number of aryl methyl sites for hydroxylation is 1. The highest BCUT2D eigenvalue weighted by atomic mass is 32.2. The van der Waals surface area contributed by atoms with E-state index in [0.717, 1.165) is 12.1 Å². The van der Waals surface area contributed by atoms with E-state index in [1.54, 1.807) is 17.6 Å². The highest BCUT2D eigenvalue weighted by molar-refractivity contribution is 7.98. The highest BCUT2D eigenvalue weighted by Gasteiger charge is 2.17. The maximum absolute atomic E-state index is 12.8. The number of carboxylic acids is 1. The number of rotatable bonds is 6. The summed E-state index contributed by atoms with van der Waals surface area (Å²) in [4.78, 5) is 28.4. The van der Waals surface area contributed by atoms with Crippen LogP contribution in [0.4, 0.5) is 0 Å². The van der Waals surface area contributed by atoms with Crippen molar-refractivity contribution in [1.82, 2.24) is 14.1 Å². The summed E-state index contributed by atoms with van der Waals surface area (Å²) in [6, 6.07) is 1.77. The fourth-order valence-corrected chi connectivity index (χ4v) is 3.01. The molecule has 0 aliphatic heterocycles. The van der Waals surface area contributed by atoms with Crippen molar-refractivity contribution >= 4 is 28.8 Å². The summed E-state index contributed by atoms with van der Waals surface area (Å²) >= 11 is 1.43. The number of aromatic nitrogens is 3. The van der Waals surface area contributed by atoms with Gasteiger partial charge in [-0.1, -0.05) is 25.6 Å². The normalized spacial score (nSPS) is 11.5. The molecular weight excluding hydrogens is 302 g/mol. The maximum atomic E-state index is 12.8. The number of carbonyl (C=O) groups is 1. The van der Waals surface area contributed by atoms with Gasteiger partial charge in [-0.15, -0.1) is 0 Å². The number of fused-ring (bicyclic) bond motifs is 1.